The van der Waals surface area contributed by atoms with Crippen molar-refractivity contribution in [2.24, 2.45) is 0 Å². The molecule has 132 valence electrons. The lowest BCUT2D eigenvalue weighted by Gasteiger charge is -2.11. The summed E-state index contributed by atoms with van der Waals surface area (Å²) in [4.78, 5) is 23.9. The Balaban J connectivity index is 1.60. The van der Waals surface area contributed by atoms with Gasteiger partial charge in [-0.15, -0.1) is 0 Å². The van der Waals surface area contributed by atoms with Crippen molar-refractivity contribution in [2.75, 3.05) is 11.9 Å². The maximum Gasteiger partial charge on any atom is 0.374 e. The highest BCUT2D eigenvalue weighted by molar-refractivity contribution is 9.10. The first-order chi connectivity index (χ1) is 12.6. The van der Waals surface area contributed by atoms with E-state index in [1.165, 1.54) is 6.07 Å². The van der Waals surface area contributed by atoms with E-state index in [1.807, 2.05) is 54.6 Å². The van der Waals surface area contributed by atoms with Crippen LogP contribution in [0.5, 0.6) is 0 Å². The van der Waals surface area contributed by atoms with Gasteiger partial charge in [0.2, 0.25) is 5.76 Å². The minimum atomic E-state index is -0.691. The summed E-state index contributed by atoms with van der Waals surface area (Å²) >= 11 is 3.11. The van der Waals surface area contributed by atoms with Crippen molar-refractivity contribution in [3.05, 3.63) is 88.3 Å². The molecule has 3 rings (SSSR count). The molecule has 0 aliphatic carbocycles. The largest absolute Gasteiger partial charge is 0.450 e. The van der Waals surface area contributed by atoms with Crippen LogP contribution in [-0.2, 0) is 16.0 Å². The SMILES string of the molecule is O=C(COC(=O)c1ccc(Br)o1)Nc1ccccc1Cc1ccccc1. The van der Waals surface area contributed by atoms with Crippen LogP contribution in [0, 0.1) is 0 Å². The summed E-state index contributed by atoms with van der Waals surface area (Å²) in [5, 5.41) is 2.79. The molecule has 1 N–H and O–H groups in total. The number of furan rings is 1. The van der Waals surface area contributed by atoms with E-state index in [1.54, 1.807) is 6.07 Å². The van der Waals surface area contributed by atoms with Gasteiger partial charge >= 0.3 is 5.97 Å². The summed E-state index contributed by atoms with van der Waals surface area (Å²) in [7, 11) is 0. The molecular weight excluding hydrogens is 398 g/mol. The van der Waals surface area contributed by atoms with Gasteiger partial charge in [0, 0.05) is 5.69 Å². The molecule has 26 heavy (non-hydrogen) atoms. The molecule has 0 unspecified atom stereocenters. The van der Waals surface area contributed by atoms with Crippen molar-refractivity contribution in [1.82, 2.24) is 0 Å². The van der Waals surface area contributed by atoms with E-state index in [0.717, 1.165) is 11.1 Å². The minimum Gasteiger partial charge on any atom is -0.450 e. The predicted octanol–water partition coefficient (Wildman–Crippen LogP) is 4.43. The molecule has 0 aliphatic rings. The molecule has 0 atom stereocenters. The monoisotopic (exact) mass is 413 g/mol. The van der Waals surface area contributed by atoms with E-state index in [4.69, 9.17) is 9.15 Å². The first kappa shape index (κ1) is 17.9. The summed E-state index contributed by atoms with van der Waals surface area (Å²) in [5.41, 5.74) is 2.82. The Morgan fingerprint density at radius 1 is 0.962 bits per heavy atom. The average Bonchev–Trinajstić information content (AvgIpc) is 3.09. The Kier molecular flexibility index (Phi) is 5.86. The number of ether oxygens (including phenoxy) is 1. The Bertz CT molecular complexity index is 905. The van der Waals surface area contributed by atoms with Crippen molar-refractivity contribution in [3.8, 4) is 0 Å². The van der Waals surface area contributed by atoms with Crippen molar-refractivity contribution >= 4 is 33.5 Å². The third kappa shape index (κ3) is 4.83. The Morgan fingerprint density at radius 3 is 2.42 bits per heavy atom. The summed E-state index contributed by atoms with van der Waals surface area (Å²) < 4.78 is 10.5. The van der Waals surface area contributed by atoms with E-state index < -0.39 is 18.5 Å². The fourth-order valence-corrected chi connectivity index (χ4v) is 2.73. The molecule has 1 heterocycles. The van der Waals surface area contributed by atoms with Gasteiger partial charge in [0.15, 0.2) is 11.3 Å². The molecule has 0 saturated carbocycles. The third-order valence-corrected chi connectivity index (χ3v) is 4.06. The highest BCUT2D eigenvalue weighted by Gasteiger charge is 2.14. The maximum absolute atomic E-state index is 12.1. The molecule has 0 spiro atoms. The van der Waals surface area contributed by atoms with Crippen LogP contribution in [0.4, 0.5) is 5.69 Å². The molecule has 3 aromatic rings. The van der Waals surface area contributed by atoms with Crippen molar-refractivity contribution in [2.45, 2.75) is 6.42 Å². The van der Waals surface area contributed by atoms with E-state index in [-0.39, 0.29) is 5.76 Å². The number of esters is 1. The number of para-hydroxylation sites is 1. The van der Waals surface area contributed by atoms with Gasteiger partial charge in [0.1, 0.15) is 0 Å². The average molecular weight is 414 g/mol. The van der Waals surface area contributed by atoms with Crippen molar-refractivity contribution in [1.29, 1.82) is 0 Å². The second-order valence-corrected chi connectivity index (χ2v) is 6.33. The van der Waals surface area contributed by atoms with Crippen LogP contribution in [0.1, 0.15) is 21.7 Å². The van der Waals surface area contributed by atoms with Crippen LogP contribution in [0.2, 0.25) is 0 Å². The highest BCUT2D eigenvalue weighted by Crippen LogP contribution is 2.19. The Morgan fingerprint density at radius 2 is 1.69 bits per heavy atom. The molecular formula is C20H16BrNO4. The number of carbonyl (C=O) groups excluding carboxylic acids is 2. The summed E-state index contributed by atoms with van der Waals surface area (Å²) in [6, 6.07) is 20.6. The van der Waals surface area contributed by atoms with Gasteiger partial charge in [-0.1, -0.05) is 48.5 Å². The number of anilines is 1. The van der Waals surface area contributed by atoms with E-state index >= 15 is 0 Å². The minimum absolute atomic E-state index is 0.0363. The standard InChI is InChI=1S/C20H16BrNO4/c21-18-11-10-17(26-18)20(24)25-13-19(23)22-16-9-5-4-8-15(16)12-14-6-2-1-3-7-14/h1-11H,12-13H2,(H,22,23). The van der Waals surface area contributed by atoms with Gasteiger partial charge < -0.3 is 14.5 Å². The van der Waals surface area contributed by atoms with Gasteiger partial charge in [-0.25, -0.2) is 4.79 Å². The van der Waals surface area contributed by atoms with Crippen LogP contribution < -0.4 is 5.32 Å². The number of rotatable bonds is 6. The number of hydrogen-bond donors (Lipinski definition) is 1. The number of hydrogen-bond acceptors (Lipinski definition) is 4. The third-order valence-electron chi connectivity index (χ3n) is 3.64. The zero-order valence-corrected chi connectivity index (χ0v) is 15.4. The molecule has 1 aromatic heterocycles. The summed E-state index contributed by atoms with van der Waals surface area (Å²) in [5.74, 6) is -1.07. The smallest absolute Gasteiger partial charge is 0.374 e. The predicted molar refractivity (Wildman–Crippen MR) is 101 cm³/mol. The second kappa shape index (κ2) is 8.49. The molecule has 0 radical (unpaired) electrons. The van der Waals surface area contributed by atoms with E-state index in [2.05, 4.69) is 21.2 Å². The van der Waals surface area contributed by atoms with Gasteiger partial charge in [0.25, 0.3) is 5.91 Å². The normalized spacial score (nSPS) is 10.3. The lowest BCUT2D eigenvalue weighted by Crippen LogP contribution is -2.21. The van der Waals surface area contributed by atoms with Gasteiger partial charge in [-0.3, -0.25) is 4.79 Å². The van der Waals surface area contributed by atoms with Crippen LogP contribution in [-0.4, -0.2) is 18.5 Å². The Labute approximate surface area is 159 Å². The fourth-order valence-electron chi connectivity index (χ4n) is 2.42. The molecule has 0 bridgehead atoms. The van der Waals surface area contributed by atoms with Crippen molar-refractivity contribution in [3.63, 3.8) is 0 Å². The number of halogens is 1. The molecule has 0 fully saturated rings. The topological polar surface area (TPSA) is 68.5 Å². The van der Waals surface area contributed by atoms with Crippen LogP contribution in [0.15, 0.2) is 75.8 Å². The molecule has 6 heteroatoms. The lowest BCUT2D eigenvalue weighted by atomic mass is 10.0. The van der Waals surface area contributed by atoms with Crippen molar-refractivity contribution < 1.29 is 18.7 Å². The number of carbonyl (C=O) groups is 2. The van der Waals surface area contributed by atoms with Gasteiger partial charge in [0.05, 0.1) is 0 Å². The Hall–Kier alpha value is -2.86. The second-order valence-electron chi connectivity index (χ2n) is 5.55. The molecule has 2 aromatic carbocycles. The summed E-state index contributed by atoms with van der Waals surface area (Å²) in [6.45, 7) is -0.392. The molecule has 1 amide bonds. The molecule has 0 saturated heterocycles. The van der Waals surface area contributed by atoms with Crippen LogP contribution >= 0.6 is 15.9 Å². The van der Waals surface area contributed by atoms with Crippen LogP contribution in [0.25, 0.3) is 0 Å². The van der Waals surface area contributed by atoms with E-state index in [9.17, 15) is 9.59 Å². The molecule has 0 aliphatic heterocycles. The first-order valence-corrected chi connectivity index (χ1v) is 8.75. The first-order valence-electron chi connectivity index (χ1n) is 7.96. The fraction of sp³-hybridized carbons (Fsp3) is 0.100. The number of benzene rings is 2. The lowest BCUT2D eigenvalue weighted by molar-refractivity contribution is -0.119. The maximum atomic E-state index is 12.1. The molecule has 5 nitrogen and oxygen atoms in total. The van der Waals surface area contributed by atoms with Crippen LogP contribution in [0.3, 0.4) is 0 Å². The van der Waals surface area contributed by atoms with Gasteiger partial charge in [-0.05, 0) is 51.7 Å². The summed E-state index contributed by atoms with van der Waals surface area (Å²) in [6.07, 6.45) is 0.692. The zero-order chi connectivity index (χ0) is 18.4. The van der Waals surface area contributed by atoms with E-state index in [0.29, 0.717) is 16.8 Å². The highest BCUT2D eigenvalue weighted by atomic mass is 79.9. The quantitative estimate of drug-likeness (QED) is 0.606. The van der Waals surface area contributed by atoms with Gasteiger partial charge in [-0.2, -0.15) is 0 Å². The zero-order valence-electron chi connectivity index (χ0n) is 13.8. The number of amides is 1. The number of nitrogens with one attached hydrogen (secondary N) is 1.